The molecule has 13 heteroatoms. The van der Waals surface area contributed by atoms with Gasteiger partial charge in [0.15, 0.2) is 0 Å². The zero-order chi connectivity index (χ0) is 32.0. The number of halogens is 7. The fourth-order valence-electron chi connectivity index (χ4n) is 6.30. The standard InChI is InChI=1S/C31H31ClF6N2O4/c1-16-28(19-11-20(30(33,34)35)14-21(12-19)31(36,37)38)44-29(42)40(16)15-25-23(8-10-27(32)39-25)24-13-18(5-9-26(24)43-2)17-3-6-22(41)7-4-17/h5,8-11,13-14,16-17,19,22,28,41H,3-4,6-7,12,15H2,1-2H3/t16-,17?,19?,22?,28-/m0/s1. The molecule has 0 spiro atoms. The number of rotatable bonds is 6. The summed E-state index contributed by atoms with van der Waals surface area (Å²) in [5.74, 6) is -0.597. The third-order valence-corrected chi connectivity index (χ3v) is 8.88. The van der Waals surface area contributed by atoms with Crippen molar-refractivity contribution in [1.29, 1.82) is 0 Å². The van der Waals surface area contributed by atoms with Crippen LogP contribution in [0.15, 0.2) is 53.6 Å². The number of methoxy groups -OCH3 is 1. The summed E-state index contributed by atoms with van der Waals surface area (Å²) in [5, 5.41) is 10.1. The Balaban J connectivity index is 1.45. The molecule has 1 amide bonds. The number of amides is 1. The van der Waals surface area contributed by atoms with E-state index in [1.165, 1.54) is 18.9 Å². The van der Waals surface area contributed by atoms with Crippen LogP contribution >= 0.6 is 11.6 Å². The fourth-order valence-corrected chi connectivity index (χ4v) is 6.47. The molecule has 1 aromatic carbocycles. The summed E-state index contributed by atoms with van der Waals surface area (Å²) in [7, 11) is 1.51. The maximum absolute atomic E-state index is 13.5. The van der Waals surface area contributed by atoms with Crippen LogP contribution in [0.5, 0.6) is 5.75 Å². The lowest BCUT2D eigenvalue weighted by Crippen LogP contribution is -2.38. The number of alkyl halides is 6. The predicted molar refractivity (Wildman–Crippen MR) is 150 cm³/mol. The number of benzene rings is 1. The summed E-state index contributed by atoms with van der Waals surface area (Å²) in [6.45, 7) is 1.35. The molecule has 1 N–H and O–H groups in total. The molecule has 1 aliphatic heterocycles. The number of aromatic nitrogens is 1. The Morgan fingerprint density at radius 3 is 2.39 bits per heavy atom. The van der Waals surface area contributed by atoms with Crippen LogP contribution in [0.2, 0.25) is 5.15 Å². The van der Waals surface area contributed by atoms with Gasteiger partial charge in [-0.1, -0.05) is 23.7 Å². The Bertz CT molecular complexity index is 1470. The quantitative estimate of drug-likeness (QED) is 0.254. The van der Waals surface area contributed by atoms with Gasteiger partial charge in [0.1, 0.15) is 17.0 Å². The number of hydrogen-bond acceptors (Lipinski definition) is 5. The molecule has 0 radical (unpaired) electrons. The number of carbonyl (C=O) groups excluding carboxylic acids is 1. The van der Waals surface area contributed by atoms with Crippen LogP contribution in [0.4, 0.5) is 31.1 Å². The van der Waals surface area contributed by atoms with Crippen LogP contribution in [-0.4, -0.2) is 58.8 Å². The second-order valence-corrected chi connectivity index (χ2v) is 11.9. The van der Waals surface area contributed by atoms with Gasteiger partial charge in [0.05, 0.1) is 37.1 Å². The molecule has 1 unspecified atom stereocenters. The van der Waals surface area contributed by atoms with E-state index in [0.29, 0.717) is 41.5 Å². The summed E-state index contributed by atoms with van der Waals surface area (Å²) < 4.78 is 92.3. The predicted octanol–water partition coefficient (Wildman–Crippen LogP) is 8.14. The minimum Gasteiger partial charge on any atom is -0.496 e. The Morgan fingerprint density at radius 1 is 1.05 bits per heavy atom. The van der Waals surface area contributed by atoms with Gasteiger partial charge in [-0.2, -0.15) is 26.3 Å². The van der Waals surface area contributed by atoms with Crippen LogP contribution < -0.4 is 4.74 Å². The molecule has 1 saturated heterocycles. The molecular weight excluding hydrogens is 614 g/mol. The summed E-state index contributed by atoms with van der Waals surface area (Å²) in [6.07, 6.45) is -9.40. The lowest BCUT2D eigenvalue weighted by molar-refractivity contribution is -0.101. The topological polar surface area (TPSA) is 71.9 Å². The number of aliphatic hydroxyl groups is 1. The van der Waals surface area contributed by atoms with Crippen molar-refractivity contribution in [3.63, 3.8) is 0 Å². The van der Waals surface area contributed by atoms with Gasteiger partial charge in [-0.25, -0.2) is 9.78 Å². The Labute approximate surface area is 255 Å². The molecule has 1 saturated carbocycles. The highest BCUT2D eigenvalue weighted by Gasteiger charge is 2.48. The number of ether oxygens (including phenoxy) is 2. The largest absolute Gasteiger partial charge is 0.496 e. The molecule has 2 fully saturated rings. The first-order valence-corrected chi connectivity index (χ1v) is 14.6. The maximum Gasteiger partial charge on any atom is 0.416 e. The van der Waals surface area contributed by atoms with Gasteiger partial charge in [0, 0.05) is 22.6 Å². The van der Waals surface area contributed by atoms with Gasteiger partial charge < -0.3 is 14.6 Å². The first-order valence-electron chi connectivity index (χ1n) is 14.2. The monoisotopic (exact) mass is 644 g/mol. The third kappa shape index (κ3) is 6.71. The fraction of sp³-hybridized carbons (Fsp3) is 0.484. The maximum atomic E-state index is 13.5. The second-order valence-electron chi connectivity index (χ2n) is 11.5. The van der Waals surface area contributed by atoms with Gasteiger partial charge >= 0.3 is 18.4 Å². The number of carbonyl (C=O) groups is 1. The van der Waals surface area contributed by atoms with E-state index < -0.39 is 54.1 Å². The molecule has 2 aliphatic carbocycles. The van der Waals surface area contributed by atoms with Crippen LogP contribution in [-0.2, 0) is 11.3 Å². The molecule has 0 bridgehead atoms. The van der Waals surface area contributed by atoms with Crippen molar-refractivity contribution in [3.8, 4) is 16.9 Å². The number of pyridine rings is 1. The summed E-state index contributed by atoms with van der Waals surface area (Å²) in [4.78, 5) is 18.7. The average Bonchev–Trinajstić information content (AvgIpc) is 3.24. The van der Waals surface area contributed by atoms with E-state index in [2.05, 4.69) is 4.98 Å². The number of nitrogens with zero attached hydrogens (tertiary/aromatic N) is 2. The molecule has 44 heavy (non-hydrogen) atoms. The minimum absolute atomic E-state index is 0.106. The number of cyclic esters (lactones) is 1. The van der Waals surface area contributed by atoms with E-state index >= 15 is 0 Å². The summed E-state index contributed by atoms with van der Waals surface area (Å²) >= 11 is 6.24. The lowest BCUT2D eigenvalue weighted by Gasteiger charge is -2.30. The normalized spacial score (nSPS) is 26.3. The highest BCUT2D eigenvalue weighted by atomic mass is 35.5. The van der Waals surface area contributed by atoms with Gasteiger partial charge in [0.25, 0.3) is 0 Å². The van der Waals surface area contributed by atoms with E-state index in [9.17, 15) is 36.2 Å². The van der Waals surface area contributed by atoms with E-state index in [1.807, 2.05) is 18.2 Å². The molecule has 6 nitrogen and oxygen atoms in total. The van der Waals surface area contributed by atoms with Crippen molar-refractivity contribution in [2.75, 3.05) is 7.11 Å². The van der Waals surface area contributed by atoms with E-state index in [-0.39, 0.29) is 29.8 Å². The van der Waals surface area contributed by atoms with E-state index in [0.717, 1.165) is 18.4 Å². The highest BCUT2D eigenvalue weighted by molar-refractivity contribution is 6.29. The van der Waals surface area contributed by atoms with E-state index in [4.69, 9.17) is 21.1 Å². The molecular formula is C31H31ClF6N2O4. The SMILES string of the molecule is COc1ccc(C2CCC(O)CC2)cc1-c1ccc(Cl)nc1CN1C(=O)O[C@H](C2C=C(C(F)(F)F)C=C(C(F)(F)F)C2)[C@@H]1C. The van der Waals surface area contributed by atoms with Gasteiger partial charge in [-0.05, 0) is 80.9 Å². The zero-order valence-corrected chi connectivity index (χ0v) is 24.6. The molecule has 1 aromatic heterocycles. The van der Waals surface area contributed by atoms with Gasteiger partial charge in [-0.15, -0.1) is 0 Å². The van der Waals surface area contributed by atoms with Crippen LogP contribution in [0, 0.1) is 5.92 Å². The van der Waals surface area contributed by atoms with Crippen molar-refractivity contribution in [1.82, 2.24) is 9.88 Å². The first-order chi connectivity index (χ1) is 20.7. The summed E-state index contributed by atoms with van der Waals surface area (Å²) in [6, 6.07) is 8.18. The van der Waals surface area contributed by atoms with Crippen molar-refractivity contribution in [2.45, 2.75) is 82.1 Å². The van der Waals surface area contributed by atoms with Crippen molar-refractivity contribution < 1.29 is 45.7 Å². The number of hydrogen-bond donors (Lipinski definition) is 1. The molecule has 238 valence electrons. The molecule has 2 aromatic rings. The number of allylic oxidation sites excluding steroid dienone is 3. The lowest BCUT2D eigenvalue weighted by atomic mass is 9.82. The second kappa shape index (κ2) is 12.3. The highest BCUT2D eigenvalue weighted by Crippen LogP contribution is 2.44. The zero-order valence-electron chi connectivity index (χ0n) is 23.9. The Morgan fingerprint density at radius 2 is 1.75 bits per heavy atom. The Hall–Kier alpha value is -3.25. The molecule has 2 heterocycles. The molecule has 3 aliphatic rings. The third-order valence-electron chi connectivity index (χ3n) is 8.67. The van der Waals surface area contributed by atoms with Gasteiger partial charge in [0.2, 0.25) is 0 Å². The van der Waals surface area contributed by atoms with E-state index in [1.54, 1.807) is 12.1 Å². The molecule has 3 atom stereocenters. The average molecular weight is 645 g/mol. The van der Waals surface area contributed by atoms with Crippen molar-refractivity contribution in [3.05, 3.63) is 70.0 Å². The summed E-state index contributed by atoms with van der Waals surface area (Å²) in [5.41, 5.74) is -0.106. The van der Waals surface area contributed by atoms with Crippen LogP contribution in [0.1, 0.15) is 56.2 Å². The molecule has 5 rings (SSSR count). The van der Waals surface area contributed by atoms with Crippen molar-refractivity contribution in [2.24, 2.45) is 5.92 Å². The first kappa shape index (κ1) is 32.2. The van der Waals surface area contributed by atoms with Crippen molar-refractivity contribution >= 4 is 17.7 Å². The minimum atomic E-state index is -5.01. The Kier molecular flexibility index (Phi) is 8.97. The van der Waals surface area contributed by atoms with Crippen LogP contribution in [0.25, 0.3) is 11.1 Å². The van der Waals surface area contributed by atoms with Crippen LogP contribution in [0.3, 0.4) is 0 Å². The smallest absolute Gasteiger partial charge is 0.416 e. The number of aliphatic hydroxyl groups excluding tert-OH is 1. The van der Waals surface area contributed by atoms with Gasteiger partial charge in [-0.3, -0.25) is 4.90 Å².